The lowest BCUT2D eigenvalue weighted by Crippen LogP contribution is -2.30. The highest BCUT2D eigenvalue weighted by atomic mass is 35.5. The average molecular weight is 207 g/mol. The summed E-state index contributed by atoms with van der Waals surface area (Å²) in [6, 6.07) is 0. The third kappa shape index (κ3) is 1.47. The fraction of sp³-hybridized carbons (Fsp3) is 0.500. The van der Waals surface area contributed by atoms with E-state index in [1.807, 2.05) is 23.9 Å². The van der Waals surface area contributed by atoms with Crippen LogP contribution in [0.5, 0.6) is 0 Å². The molecule has 4 unspecified atom stereocenters. The molecular formula is C8H8Cl2S. The van der Waals surface area contributed by atoms with E-state index in [1.54, 1.807) is 0 Å². The molecule has 3 heteroatoms. The second-order valence-electron chi connectivity index (χ2n) is 2.72. The van der Waals surface area contributed by atoms with Gasteiger partial charge in [-0.05, 0) is 0 Å². The number of allylic oxidation sites excluding steroid dienone is 2. The molecule has 0 fully saturated rings. The molecule has 0 aromatic heterocycles. The molecule has 4 atom stereocenters. The monoisotopic (exact) mass is 206 g/mol. The summed E-state index contributed by atoms with van der Waals surface area (Å²) in [5.74, 6) is 0. The molecule has 0 nitrogen and oxygen atoms in total. The van der Waals surface area contributed by atoms with Crippen LogP contribution in [0.2, 0.25) is 0 Å². The quantitative estimate of drug-likeness (QED) is 0.434. The maximum Gasteiger partial charge on any atom is 0.0670 e. The van der Waals surface area contributed by atoms with Gasteiger partial charge in [0.05, 0.1) is 10.8 Å². The van der Waals surface area contributed by atoms with Crippen LogP contribution in [-0.4, -0.2) is 21.3 Å². The first-order chi connectivity index (χ1) is 5.27. The van der Waals surface area contributed by atoms with Gasteiger partial charge >= 0.3 is 0 Å². The van der Waals surface area contributed by atoms with Gasteiger partial charge in [-0.25, -0.2) is 0 Å². The summed E-state index contributed by atoms with van der Waals surface area (Å²) >= 11 is 13.9. The molecule has 0 saturated carbocycles. The molecule has 2 heterocycles. The minimum atomic E-state index is 0.150. The summed E-state index contributed by atoms with van der Waals surface area (Å²) in [6.07, 6.45) is 8.32. The number of hydrogen-bond donors (Lipinski definition) is 0. The molecule has 0 amide bonds. The van der Waals surface area contributed by atoms with Gasteiger partial charge in [0.15, 0.2) is 0 Å². The minimum absolute atomic E-state index is 0.150. The van der Waals surface area contributed by atoms with Gasteiger partial charge in [0.25, 0.3) is 0 Å². The lowest BCUT2D eigenvalue weighted by atomic mass is 10.1. The van der Waals surface area contributed by atoms with Crippen molar-refractivity contribution >= 4 is 35.0 Å². The van der Waals surface area contributed by atoms with Gasteiger partial charge in [0, 0.05) is 10.5 Å². The van der Waals surface area contributed by atoms with Gasteiger partial charge in [-0.1, -0.05) is 24.3 Å². The topological polar surface area (TPSA) is 0 Å². The van der Waals surface area contributed by atoms with E-state index in [4.69, 9.17) is 23.2 Å². The Morgan fingerprint density at radius 2 is 1.27 bits per heavy atom. The Kier molecular flexibility index (Phi) is 2.22. The zero-order valence-electron chi connectivity index (χ0n) is 5.78. The van der Waals surface area contributed by atoms with E-state index >= 15 is 0 Å². The highest BCUT2D eigenvalue weighted by Crippen LogP contribution is 2.38. The molecule has 0 aliphatic carbocycles. The van der Waals surface area contributed by atoms with Crippen molar-refractivity contribution in [3.05, 3.63) is 24.3 Å². The van der Waals surface area contributed by atoms with E-state index in [0.717, 1.165) is 0 Å². The van der Waals surface area contributed by atoms with Crippen LogP contribution in [0.3, 0.4) is 0 Å². The summed E-state index contributed by atoms with van der Waals surface area (Å²) in [6.45, 7) is 0. The molecule has 0 N–H and O–H groups in total. The Bertz CT molecular complexity index is 190. The lowest BCUT2D eigenvalue weighted by molar-refractivity contribution is 0.943. The molecule has 0 saturated heterocycles. The number of alkyl halides is 2. The van der Waals surface area contributed by atoms with Crippen molar-refractivity contribution in [3.8, 4) is 0 Å². The van der Waals surface area contributed by atoms with Crippen LogP contribution in [0, 0.1) is 0 Å². The molecular weight excluding hydrogens is 199 g/mol. The van der Waals surface area contributed by atoms with Gasteiger partial charge in [-0.2, -0.15) is 0 Å². The van der Waals surface area contributed by atoms with Crippen LogP contribution in [-0.2, 0) is 0 Å². The summed E-state index contributed by atoms with van der Waals surface area (Å²) in [5, 5.41) is 1.16. The van der Waals surface area contributed by atoms with Crippen molar-refractivity contribution < 1.29 is 0 Å². The molecule has 2 bridgehead atoms. The third-order valence-corrected chi connectivity index (χ3v) is 4.57. The number of halogens is 2. The predicted octanol–water partition coefficient (Wildman–Crippen LogP) is 2.81. The maximum absolute atomic E-state index is 6.03. The highest BCUT2D eigenvalue weighted by Gasteiger charge is 2.30. The average Bonchev–Trinajstić information content (AvgIpc) is 2.02. The van der Waals surface area contributed by atoms with E-state index < -0.39 is 0 Å². The van der Waals surface area contributed by atoms with Crippen LogP contribution in [0.4, 0.5) is 0 Å². The molecule has 2 rings (SSSR count). The van der Waals surface area contributed by atoms with Crippen LogP contribution in [0.15, 0.2) is 24.3 Å². The van der Waals surface area contributed by atoms with E-state index in [-0.39, 0.29) is 10.8 Å². The molecule has 0 aromatic rings. The molecule has 11 heavy (non-hydrogen) atoms. The van der Waals surface area contributed by atoms with Crippen molar-refractivity contribution in [2.45, 2.75) is 21.3 Å². The van der Waals surface area contributed by atoms with E-state index in [0.29, 0.717) is 10.5 Å². The fourth-order valence-electron chi connectivity index (χ4n) is 1.28. The molecule has 2 aliphatic heterocycles. The van der Waals surface area contributed by atoms with Crippen molar-refractivity contribution in [3.63, 3.8) is 0 Å². The number of rotatable bonds is 0. The SMILES string of the molecule is ClC1C=CC2SC1C=CC2Cl. The van der Waals surface area contributed by atoms with Gasteiger partial charge in [-0.3, -0.25) is 0 Å². The Hall–Kier alpha value is 0.410. The Balaban J connectivity index is 2.24. The van der Waals surface area contributed by atoms with Crippen molar-refractivity contribution in [2.75, 3.05) is 0 Å². The largest absolute Gasteiger partial charge is 0.143 e. The summed E-state index contributed by atoms with van der Waals surface area (Å²) < 4.78 is 0. The van der Waals surface area contributed by atoms with Crippen LogP contribution >= 0.6 is 35.0 Å². The molecule has 0 aromatic carbocycles. The van der Waals surface area contributed by atoms with Crippen molar-refractivity contribution in [2.24, 2.45) is 0 Å². The lowest BCUT2D eigenvalue weighted by Gasteiger charge is -2.31. The van der Waals surface area contributed by atoms with E-state index in [9.17, 15) is 0 Å². The summed E-state index contributed by atoms with van der Waals surface area (Å²) in [5.41, 5.74) is 0. The molecule has 60 valence electrons. The minimum Gasteiger partial charge on any atom is -0.143 e. The number of hydrogen-bond acceptors (Lipinski definition) is 1. The maximum atomic E-state index is 6.03. The van der Waals surface area contributed by atoms with E-state index in [2.05, 4.69) is 12.2 Å². The zero-order valence-corrected chi connectivity index (χ0v) is 8.11. The summed E-state index contributed by atoms with van der Waals surface area (Å²) in [4.78, 5) is 0. The summed E-state index contributed by atoms with van der Waals surface area (Å²) in [7, 11) is 0. The number of thioether (sulfide) groups is 1. The normalized spacial score (nSPS) is 47.8. The second-order valence-corrected chi connectivity index (χ2v) is 5.09. The Morgan fingerprint density at radius 1 is 0.818 bits per heavy atom. The highest BCUT2D eigenvalue weighted by molar-refractivity contribution is 8.01. The van der Waals surface area contributed by atoms with Gasteiger partial charge in [-0.15, -0.1) is 35.0 Å². The third-order valence-electron chi connectivity index (χ3n) is 1.91. The molecule has 0 radical (unpaired) electrons. The van der Waals surface area contributed by atoms with Crippen molar-refractivity contribution in [1.29, 1.82) is 0 Å². The second kappa shape index (κ2) is 3.04. The molecule has 2 aliphatic rings. The predicted molar refractivity (Wildman–Crippen MR) is 52.7 cm³/mol. The van der Waals surface area contributed by atoms with Crippen molar-refractivity contribution in [1.82, 2.24) is 0 Å². The van der Waals surface area contributed by atoms with Crippen LogP contribution in [0.25, 0.3) is 0 Å². The van der Waals surface area contributed by atoms with Crippen LogP contribution in [0.1, 0.15) is 0 Å². The Labute approximate surface area is 80.6 Å². The smallest absolute Gasteiger partial charge is 0.0670 e. The van der Waals surface area contributed by atoms with Gasteiger partial charge < -0.3 is 0 Å². The standard InChI is InChI=1S/C8H8Cl2S/c9-5-1-3-7-6(10)2-4-8(5)11-7/h1-8H. The van der Waals surface area contributed by atoms with Gasteiger partial charge in [0.1, 0.15) is 0 Å². The Morgan fingerprint density at radius 3 is 1.73 bits per heavy atom. The molecule has 0 spiro atoms. The first kappa shape index (κ1) is 8.03. The van der Waals surface area contributed by atoms with Gasteiger partial charge in [0.2, 0.25) is 0 Å². The zero-order chi connectivity index (χ0) is 7.84. The fourth-order valence-corrected chi connectivity index (χ4v) is 3.18. The van der Waals surface area contributed by atoms with E-state index in [1.165, 1.54) is 0 Å². The number of fused-ring (bicyclic) bond motifs is 2. The first-order valence-corrected chi connectivity index (χ1v) is 5.39. The first-order valence-electron chi connectivity index (χ1n) is 3.57. The van der Waals surface area contributed by atoms with Crippen LogP contribution < -0.4 is 0 Å².